The van der Waals surface area contributed by atoms with Gasteiger partial charge in [0.1, 0.15) is 22.4 Å². The topological polar surface area (TPSA) is 231 Å². The quantitative estimate of drug-likeness (QED) is 0.0541. The van der Waals surface area contributed by atoms with Crippen LogP contribution in [0.2, 0.25) is 15.1 Å². The summed E-state index contributed by atoms with van der Waals surface area (Å²) in [5.74, 6) is -1.46. The molecule has 3 amide bonds. The van der Waals surface area contributed by atoms with Gasteiger partial charge in [0.15, 0.2) is 0 Å². The molecule has 27 heteroatoms. The van der Waals surface area contributed by atoms with Crippen molar-refractivity contribution in [1.29, 1.82) is 0 Å². The Morgan fingerprint density at radius 2 is 0.787 bits per heavy atom. The number of pyridine rings is 3. The van der Waals surface area contributed by atoms with Gasteiger partial charge in [-0.05, 0) is 160 Å². The fourth-order valence-corrected chi connectivity index (χ4v) is 14.1. The van der Waals surface area contributed by atoms with E-state index in [9.17, 15) is 43.2 Å². The molecular formula is C81H92Cl3N11O13. The summed E-state index contributed by atoms with van der Waals surface area (Å²) in [5.41, 5.74) is 6.69. The highest BCUT2D eigenvalue weighted by molar-refractivity contribution is 6.42. The molecule has 3 aliphatic heterocycles. The van der Waals surface area contributed by atoms with E-state index >= 15 is 0 Å². The van der Waals surface area contributed by atoms with Crippen LogP contribution in [0.5, 0.6) is 5.75 Å². The van der Waals surface area contributed by atoms with Crippen LogP contribution in [0.15, 0.2) is 142 Å². The molecule has 6 heterocycles. The van der Waals surface area contributed by atoms with Gasteiger partial charge in [-0.3, -0.25) is 28.8 Å². The SMILES string of the molecule is CCOC(=O)c1c(N2CCN(C(=O)c3ccc(Cl)c(Cl)c3)CC2)c2ccccc2n(CCN(C)C)c1=O.CCOC(=O)c1c(N2CCN(C(=O)c3ccc(Cl)cc3)CC2)c2cc(C)ccc2n(C)c1=O.CCOC(=O)c1c(N2CCN(C(=O)c3ccc(OC)cc3)CC2)c2cc(C)ccc2n(CCN(C)C)c1=O. The number of anilines is 3. The molecule has 3 saturated heterocycles. The number of carbonyl (C=O) groups is 6. The van der Waals surface area contributed by atoms with Gasteiger partial charge < -0.3 is 71.8 Å². The van der Waals surface area contributed by atoms with Gasteiger partial charge in [-0.15, -0.1) is 0 Å². The minimum Gasteiger partial charge on any atom is -0.497 e. The van der Waals surface area contributed by atoms with Crippen molar-refractivity contribution in [2.24, 2.45) is 7.05 Å². The van der Waals surface area contributed by atoms with Gasteiger partial charge in [0.25, 0.3) is 34.4 Å². The number of aryl methyl sites for hydroxylation is 3. The van der Waals surface area contributed by atoms with Gasteiger partial charge in [-0.25, -0.2) is 14.4 Å². The Labute approximate surface area is 642 Å². The third-order valence-corrected chi connectivity index (χ3v) is 20.3. The largest absolute Gasteiger partial charge is 0.497 e. The lowest BCUT2D eigenvalue weighted by Gasteiger charge is -2.37. The Bertz CT molecular complexity index is 5020. The standard InChI is InChI=1S/C29H36N4O5.C27H30Cl2N4O4.C25H26ClN3O4/c1-6-38-29(36)25-26(23-19-20(2)7-12-24(23)33(28(25)35)18-13-30(3)4)31-14-16-32(17-15-31)27(34)21-8-10-22(37-5)11-9-21;1-4-37-27(36)23-24(19-7-5-6-8-22(19)33(26(23)35)16-11-30(2)3)31-12-14-32(15-13-31)25(34)18-9-10-20(28)21(29)17-18;1-4-33-25(32)21-22(19-15-16(2)5-10-20(19)27(3)24(21)31)28-11-13-29(14-12-28)23(30)17-6-8-18(26)9-7-17/h7-12,19H,6,13-18H2,1-5H3;5-10,17H,4,11-16H2,1-3H3;5-10,15H,4,11-14H2,1-3H3. The second kappa shape index (κ2) is 36.1. The van der Waals surface area contributed by atoms with Crippen molar-refractivity contribution in [3.63, 3.8) is 0 Å². The van der Waals surface area contributed by atoms with Gasteiger partial charge >= 0.3 is 17.9 Å². The number of piperazine rings is 3. The van der Waals surface area contributed by atoms with E-state index < -0.39 is 17.9 Å². The number of nitrogens with zero attached hydrogens (tertiary/aromatic N) is 11. The van der Waals surface area contributed by atoms with E-state index in [1.807, 2.05) is 127 Å². The fourth-order valence-electron chi connectivity index (χ4n) is 13.7. The van der Waals surface area contributed by atoms with Crippen LogP contribution in [0.4, 0.5) is 17.1 Å². The first kappa shape index (κ1) is 80.3. The highest BCUT2D eigenvalue weighted by Gasteiger charge is 2.35. The maximum atomic E-state index is 13.8. The summed E-state index contributed by atoms with van der Waals surface area (Å²) < 4.78 is 26.0. The summed E-state index contributed by atoms with van der Waals surface area (Å²) in [6.07, 6.45) is 0. The van der Waals surface area contributed by atoms with E-state index in [1.165, 1.54) is 4.57 Å². The third kappa shape index (κ3) is 18.0. The summed E-state index contributed by atoms with van der Waals surface area (Å²) in [4.78, 5) is 134. The average molecular weight is 1530 g/mol. The van der Waals surface area contributed by atoms with Crippen molar-refractivity contribution in [2.45, 2.75) is 47.7 Å². The second-order valence-corrected chi connectivity index (χ2v) is 28.2. The molecule has 0 aliphatic carbocycles. The molecule has 9 aromatic rings. The Morgan fingerprint density at radius 3 is 1.20 bits per heavy atom. The minimum absolute atomic E-state index is 0.0311. The number of rotatable bonds is 19. The van der Waals surface area contributed by atoms with E-state index in [0.717, 1.165) is 43.8 Å². The van der Waals surface area contributed by atoms with Crippen LogP contribution in [0.1, 0.15) is 94.0 Å². The number of amides is 3. The monoisotopic (exact) mass is 1530 g/mol. The van der Waals surface area contributed by atoms with E-state index in [2.05, 4.69) is 0 Å². The molecule has 6 aromatic carbocycles. The first-order chi connectivity index (χ1) is 51.8. The predicted molar refractivity (Wildman–Crippen MR) is 425 cm³/mol. The fraction of sp³-hybridized carbons (Fsp3) is 0.370. The number of ether oxygens (including phenoxy) is 4. The summed E-state index contributed by atoms with van der Waals surface area (Å²) in [7, 11) is 11.0. The number of fused-ring (bicyclic) bond motifs is 3. The van der Waals surface area contributed by atoms with Crippen molar-refractivity contribution < 1.29 is 47.7 Å². The van der Waals surface area contributed by atoms with E-state index in [4.69, 9.17) is 53.8 Å². The zero-order valence-electron chi connectivity index (χ0n) is 62.9. The van der Waals surface area contributed by atoms with Gasteiger partial charge in [-0.2, -0.15) is 0 Å². The molecule has 0 atom stereocenters. The number of aromatic nitrogens is 3. The number of carbonyl (C=O) groups excluding carboxylic acids is 6. The molecule has 0 saturated carbocycles. The molecule has 570 valence electrons. The van der Waals surface area contributed by atoms with E-state index in [1.54, 1.807) is 125 Å². The lowest BCUT2D eigenvalue weighted by Crippen LogP contribution is -2.49. The van der Waals surface area contributed by atoms with Crippen molar-refractivity contribution >= 4 is 120 Å². The van der Waals surface area contributed by atoms with Crippen LogP contribution in [0, 0.1) is 13.8 Å². The highest BCUT2D eigenvalue weighted by Crippen LogP contribution is 2.36. The number of para-hydroxylation sites is 1. The summed E-state index contributed by atoms with van der Waals surface area (Å²) in [6.45, 7) is 17.3. The number of esters is 3. The summed E-state index contributed by atoms with van der Waals surface area (Å²) >= 11 is 18.0. The van der Waals surface area contributed by atoms with Gasteiger partial charge in [0, 0.05) is 150 Å². The number of likely N-dealkylation sites (N-methyl/N-ethyl adjacent to an activating group) is 2. The van der Waals surface area contributed by atoms with Crippen LogP contribution in [-0.2, 0) is 34.3 Å². The first-order valence-electron chi connectivity index (χ1n) is 36.0. The van der Waals surface area contributed by atoms with Crippen molar-refractivity contribution in [2.75, 3.05) is 161 Å². The zero-order chi connectivity index (χ0) is 77.8. The van der Waals surface area contributed by atoms with Crippen LogP contribution in [0.3, 0.4) is 0 Å². The van der Waals surface area contributed by atoms with Gasteiger partial charge in [0.05, 0.1) is 70.6 Å². The Morgan fingerprint density at radius 1 is 0.417 bits per heavy atom. The van der Waals surface area contributed by atoms with Crippen molar-refractivity contribution in [3.05, 3.63) is 218 Å². The third-order valence-electron chi connectivity index (χ3n) is 19.3. The van der Waals surface area contributed by atoms with Gasteiger partial charge in [-0.1, -0.05) is 76.3 Å². The van der Waals surface area contributed by atoms with Crippen LogP contribution in [0.25, 0.3) is 32.7 Å². The molecule has 0 unspecified atom stereocenters. The predicted octanol–water partition coefficient (Wildman–Crippen LogP) is 10.7. The summed E-state index contributed by atoms with van der Waals surface area (Å²) in [5, 5.41) is 3.75. The van der Waals surface area contributed by atoms with Crippen LogP contribution >= 0.6 is 34.8 Å². The van der Waals surface area contributed by atoms with Crippen LogP contribution < -0.4 is 36.1 Å². The summed E-state index contributed by atoms with van der Waals surface area (Å²) in [6, 6.07) is 38.1. The van der Waals surface area contributed by atoms with Gasteiger partial charge in [0.2, 0.25) is 0 Å². The smallest absolute Gasteiger partial charge is 0.345 e. The van der Waals surface area contributed by atoms with Crippen molar-refractivity contribution in [3.8, 4) is 5.75 Å². The Kier molecular flexibility index (Phi) is 26.8. The lowest BCUT2D eigenvalue weighted by atomic mass is 10.0. The van der Waals surface area contributed by atoms with Crippen LogP contribution in [-0.4, -0.2) is 221 Å². The molecule has 0 radical (unpaired) electrons. The molecule has 108 heavy (non-hydrogen) atoms. The second-order valence-electron chi connectivity index (χ2n) is 27.0. The first-order valence-corrected chi connectivity index (χ1v) is 37.2. The van der Waals surface area contributed by atoms with E-state index in [0.29, 0.717) is 159 Å². The molecule has 3 aromatic heterocycles. The minimum atomic E-state index is -0.638. The normalized spacial score (nSPS) is 13.9. The molecular weight excluding hydrogens is 1440 g/mol. The molecule has 0 spiro atoms. The maximum absolute atomic E-state index is 13.8. The molecule has 3 fully saturated rings. The molecule has 12 rings (SSSR count). The maximum Gasteiger partial charge on any atom is 0.345 e. The lowest BCUT2D eigenvalue weighted by molar-refractivity contribution is 0.0514. The number of methoxy groups -OCH3 is 1. The number of hydrogen-bond donors (Lipinski definition) is 0. The number of halogens is 3. The molecule has 0 N–H and O–H groups in total. The zero-order valence-corrected chi connectivity index (χ0v) is 65.2. The number of benzene rings is 6. The van der Waals surface area contributed by atoms with Crippen molar-refractivity contribution in [1.82, 2.24) is 38.2 Å². The van der Waals surface area contributed by atoms with E-state index in [-0.39, 0.29) is 70.9 Å². The molecule has 0 bridgehead atoms. The highest BCUT2D eigenvalue weighted by atomic mass is 35.5. The average Bonchev–Trinajstić information content (AvgIpc) is 0.756. The Hall–Kier alpha value is -10.2. The molecule has 3 aliphatic rings. The number of hydrogen-bond acceptors (Lipinski definition) is 18. The molecule has 24 nitrogen and oxygen atoms in total. The Balaban J connectivity index is 0.000000173.